The molecule has 0 amide bonds. The lowest BCUT2D eigenvalue weighted by Gasteiger charge is -2.22. The third-order valence-corrected chi connectivity index (χ3v) is 4.98. The highest BCUT2D eigenvalue weighted by molar-refractivity contribution is 7.89. The first-order valence-electron chi connectivity index (χ1n) is 5.53. The molecule has 0 aliphatic heterocycles. The number of nitrogens with zero attached hydrogens (tertiary/aromatic N) is 2. The summed E-state index contributed by atoms with van der Waals surface area (Å²) in [7, 11) is -0.830. The number of hydrogen-bond donors (Lipinski definition) is 1. The molecular weight excluding hydrogens is 286 g/mol. The van der Waals surface area contributed by atoms with E-state index in [1.807, 2.05) is 0 Å². The number of nitrogens with two attached hydrogens (primary N) is 1. The maximum atomic E-state index is 12.5. The van der Waals surface area contributed by atoms with Crippen molar-refractivity contribution in [3.05, 3.63) is 18.0 Å². The van der Waals surface area contributed by atoms with Gasteiger partial charge in [0.05, 0.1) is 18.9 Å². The third-order valence-electron chi connectivity index (χ3n) is 2.73. The molecule has 6 nitrogen and oxygen atoms in total. The van der Waals surface area contributed by atoms with Crippen molar-refractivity contribution in [3.63, 3.8) is 0 Å². The first-order chi connectivity index (χ1) is 8.73. The lowest BCUT2D eigenvalue weighted by Crippen LogP contribution is -2.34. The van der Waals surface area contributed by atoms with E-state index in [1.54, 1.807) is 13.8 Å². The standard InChI is InChI=1S/C11H17N3O3S2/c1-7(2)14(3)19(15,16)9-6-13-5-8(17-4)10(9)11(12)18/h5-7H,1-4H3,(H2,12,18). The minimum Gasteiger partial charge on any atom is -0.494 e. The molecule has 0 saturated carbocycles. The predicted molar refractivity (Wildman–Crippen MR) is 76.8 cm³/mol. The van der Waals surface area contributed by atoms with Gasteiger partial charge in [0.1, 0.15) is 15.6 Å². The van der Waals surface area contributed by atoms with Crippen LogP contribution in [0.5, 0.6) is 5.75 Å². The zero-order valence-corrected chi connectivity index (χ0v) is 12.9. The number of sulfonamides is 1. The lowest BCUT2D eigenvalue weighted by molar-refractivity contribution is 0.402. The fourth-order valence-electron chi connectivity index (χ4n) is 1.45. The van der Waals surface area contributed by atoms with Crippen molar-refractivity contribution >= 4 is 27.2 Å². The normalized spacial score (nSPS) is 11.9. The topological polar surface area (TPSA) is 85.5 Å². The summed E-state index contributed by atoms with van der Waals surface area (Å²) in [6.45, 7) is 3.54. The quantitative estimate of drug-likeness (QED) is 0.808. The van der Waals surface area contributed by atoms with E-state index in [1.165, 1.54) is 30.9 Å². The molecule has 0 unspecified atom stereocenters. The van der Waals surface area contributed by atoms with Crippen molar-refractivity contribution in [1.82, 2.24) is 9.29 Å². The van der Waals surface area contributed by atoms with Crippen molar-refractivity contribution in [2.45, 2.75) is 24.8 Å². The number of rotatable bonds is 5. The molecule has 1 aromatic rings. The van der Waals surface area contributed by atoms with E-state index in [9.17, 15) is 8.42 Å². The highest BCUT2D eigenvalue weighted by Crippen LogP contribution is 2.27. The van der Waals surface area contributed by atoms with Crippen LogP contribution < -0.4 is 10.5 Å². The van der Waals surface area contributed by atoms with Gasteiger partial charge in [-0.25, -0.2) is 8.42 Å². The van der Waals surface area contributed by atoms with Crippen LogP contribution >= 0.6 is 12.2 Å². The number of pyridine rings is 1. The molecule has 1 rings (SSSR count). The van der Waals surface area contributed by atoms with Gasteiger partial charge in [0.25, 0.3) is 0 Å². The zero-order chi connectivity index (χ0) is 14.8. The fraction of sp³-hybridized carbons (Fsp3) is 0.455. The molecule has 106 valence electrons. The second-order valence-electron chi connectivity index (χ2n) is 4.19. The van der Waals surface area contributed by atoms with Gasteiger partial charge in [-0.3, -0.25) is 4.98 Å². The monoisotopic (exact) mass is 303 g/mol. The van der Waals surface area contributed by atoms with E-state index in [2.05, 4.69) is 4.98 Å². The summed E-state index contributed by atoms with van der Waals surface area (Å²) < 4.78 is 31.3. The summed E-state index contributed by atoms with van der Waals surface area (Å²) in [5.74, 6) is 0.241. The van der Waals surface area contributed by atoms with Gasteiger partial charge in [-0.2, -0.15) is 4.31 Å². The molecule has 0 atom stereocenters. The molecule has 0 radical (unpaired) electrons. The van der Waals surface area contributed by atoms with Crippen molar-refractivity contribution < 1.29 is 13.2 Å². The van der Waals surface area contributed by atoms with Crippen LogP contribution in [0.15, 0.2) is 17.3 Å². The van der Waals surface area contributed by atoms with Gasteiger partial charge >= 0.3 is 0 Å². The van der Waals surface area contributed by atoms with Crippen LogP contribution in [0.3, 0.4) is 0 Å². The smallest absolute Gasteiger partial charge is 0.245 e. The Morgan fingerprint density at radius 3 is 2.47 bits per heavy atom. The van der Waals surface area contributed by atoms with Crippen LogP contribution in [0, 0.1) is 0 Å². The van der Waals surface area contributed by atoms with Gasteiger partial charge in [-0.15, -0.1) is 0 Å². The Labute approximate surface area is 118 Å². The van der Waals surface area contributed by atoms with E-state index in [-0.39, 0.29) is 27.2 Å². The number of hydrogen-bond acceptors (Lipinski definition) is 5. The molecule has 0 spiro atoms. The molecule has 2 N–H and O–H groups in total. The van der Waals surface area contributed by atoms with Gasteiger partial charge in [-0.05, 0) is 13.8 Å². The van der Waals surface area contributed by atoms with Gasteiger partial charge in [0.15, 0.2) is 0 Å². The third kappa shape index (κ3) is 3.02. The molecule has 19 heavy (non-hydrogen) atoms. The van der Waals surface area contributed by atoms with Crippen LogP contribution in [0.25, 0.3) is 0 Å². The summed E-state index contributed by atoms with van der Waals surface area (Å²) in [6.07, 6.45) is 2.61. The van der Waals surface area contributed by atoms with E-state index < -0.39 is 10.0 Å². The molecule has 0 aliphatic rings. The molecule has 0 bridgehead atoms. The highest BCUT2D eigenvalue weighted by atomic mass is 32.2. The first kappa shape index (κ1) is 15.8. The van der Waals surface area contributed by atoms with E-state index in [0.29, 0.717) is 0 Å². The maximum absolute atomic E-state index is 12.5. The molecule has 8 heteroatoms. The SMILES string of the molecule is COc1cncc(S(=O)(=O)N(C)C(C)C)c1C(N)=S. The summed E-state index contributed by atoms with van der Waals surface area (Å²) in [5, 5.41) is 0. The van der Waals surface area contributed by atoms with Crippen molar-refractivity contribution in [3.8, 4) is 5.75 Å². The number of ether oxygens (including phenoxy) is 1. The van der Waals surface area contributed by atoms with Crippen molar-refractivity contribution in [1.29, 1.82) is 0 Å². The van der Waals surface area contributed by atoms with Gasteiger partial charge in [-0.1, -0.05) is 12.2 Å². The second-order valence-corrected chi connectivity index (χ2v) is 6.60. The first-order valence-corrected chi connectivity index (χ1v) is 7.38. The number of methoxy groups -OCH3 is 1. The van der Waals surface area contributed by atoms with E-state index >= 15 is 0 Å². The molecule has 0 saturated heterocycles. The largest absolute Gasteiger partial charge is 0.494 e. The average Bonchev–Trinajstić information content (AvgIpc) is 2.36. The maximum Gasteiger partial charge on any atom is 0.245 e. The second kappa shape index (κ2) is 5.81. The van der Waals surface area contributed by atoms with Crippen LogP contribution in [0.2, 0.25) is 0 Å². The number of aromatic nitrogens is 1. The van der Waals surface area contributed by atoms with Gasteiger partial charge < -0.3 is 10.5 Å². The minimum absolute atomic E-state index is 0.0458. The molecule has 1 heterocycles. The Balaban J connectivity index is 3.56. The molecule has 0 fully saturated rings. The predicted octanol–water partition coefficient (Wildman–Crippen LogP) is 0.753. The Bertz CT molecular complexity index is 585. The fourth-order valence-corrected chi connectivity index (χ4v) is 3.25. The summed E-state index contributed by atoms with van der Waals surface area (Å²) in [6, 6.07) is -0.199. The van der Waals surface area contributed by atoms with Crippen LogP contribution in [-0.4, -0.2) is 42.9 Å². The highest BCUT2D eigenvalue weighted by Gasteiger charge is 2.29. The summed E-state index contributed by atoms with van der Waals surface area (Å²) >= 11 is 4.91. The Kier molecular flexibility index (Phi) is 4.83. The van der Waals surface area contributed by atoms with Crippen LogP contribution in [0.4, 0.5) is 0 Å². The number of thiocarbonyl (C=S) groups is 1. The lowest BCUT2D eigenvalue weighted by atomic mass is 10.2. The molecule has 1 aromatic heterocycles. The Morgan fingerprint density at radius 1 is 1.47 bits per heavy atom. The van der Waals surface area contributed by atoms with Crippen LogP contribution in [-0.2, 0) is 10.0 Å². The summed E-state index contributed by atoms with van der Waals surface area (Å²) in [4.78, 5) is 3.77. The minimum atomic E-state index is -3.72. The molecule has 0 aliphatic carbocycles. The average molecular weight is 303 g/mol. The Morgan fingerprint density at radius 2 is 2.05 bits per heavy atom. The zero-order valence-electron chi connectivity index (χ0n) is 11.2. The van der Waals surface area contributed by atoms with Crippen molar-refractivity contribution in [2.75, 3.05) is 14.2 Å². The van der Waals surface area contributed by atoms with Crippen LogP contribution in [0.1, 0.15) is 19.4 Å². The van der Waals surface area contributed by atoms with Gasteiger partial charge in [0, 0.05) is 19.3 Å². The van der Waals surface area contributed by atoms with Gasteiger partial charge in [0.2, 0.25) is 10.0 Å². The summed E-state index contributed by atoms with van der Waals surface area (Å²) in [5.41, 5.74) is 5.79. The molecule has 0 aromatic carbocycles. The van der Waals surface area contributed by atoms with E-state index in [4.69, 9.17) is 22.7 Å². The van der Waals surface area contributed by atoms with Crippen molar-refractivity contribution in [2.24, 2.45) is 5.73 Å². The molecular formula is C11H17N3O3S2. The Hall–Kier alpha value is -1.25. The van der Waals surface area contributed by atoms with E-state index in [0.717, 1.165) is 0 Å².